The zero-order valence-corrected chi connectivity index (χ0v) is 21.6. The molecule has 3 rings (SSSR count). The number of nitrogens with one attached hydrogen (secondary N) is 1. The minimum atomic E-state index is -0.665. The van der Waals surface area contributed by atoms with E-state index in [1.165, 1.54) is 0 Å². The van der Waals surface area contributed by atoms with E-state index < -0.39 is 12.4 Å². The van der Waals surface area contributed by atoms with Crippen LogP contribution in [0.2, 0.25) is 0 Å². The van der Waals surface area contributed by atoms with E-state index in [-0.39, 0.29) is 6.79 Å². The number of carbonyl (C=O) groups excluding carboxylic acids is 1. The van der Waals surface area contributed by atoms with Crippen LogP contribution in [0.15, 0.2) is 72.8 Å². The highest BCUT2D eigenvalue weighted by atomic mass is 16.8. The van der Waals surface area contributed by atoms with Crippen LogP contribution < -0.4 is 24.6 Å². The number of hydrogen-bond donors (Lipinski definition) is 1. The maximum absolute atomic E-state index is 12.2. The molecule has 0 aliphatic carbocycles. The first-order valence-electron chi connectivity index (χ1n) is 11.7. The molecule has 0 aromatic heterocycles. The molecule has 0 heterocycles. The van der Waals surface area contributed by atoms with Crippen LogP contribution in [0, 0.1) is 0 Å². The van der Waals surface area contributed by atoms with Crippen LogP contribution in [0.1, 0.15) is 11.1 Å². The topological polar surface area (TPSA) is 72.5 Å². The Morgan fingerprint density at radius 1 is 0.833 bits per heavy atom. The molecule has 1 unspecified atom stereocenters. The molecule has 1 N–H and O–H groups in total. The summed E-state index contributed by atoms with van der Waals surface area (Å²) in [5.74, 6) is 1.43. The second-order valence-electron chi connectivity index (χ2n) is 8.62. The normalized spacial score (nSPS) is 11.4. The molecule has 36 heavy (non-hydrogen) atoms. The van der Waals surface area contributed by atoms with Crippen molar-refractivity contribution >= 4 is 17.5 Å². The van der Waals surface area contributed by atoms with E-state index in [4.69, 9.17) is 18.9 Å². The second kappa shape index (κ2) is 13.3. The molecule has 0 fully saturated rings. The van der Waals surface area contributed by atoms with Gasteiger partial charge >= 0.3 is 6.09 Å². The summed E-state index contributed by atoms with van der Waals surface area (Å²) in [6.07, 6.45) is -0.772. The third-order valence-corrected chi connectivity index (χ3v) is 5.50. The number of amides is 1. The van der Waals surface area contributed by atoms with E-state index in [0.29, 0.717) is 18.7 Å². The Bertz CT molecular complexity index is 1090. The monoisotopic (exact) mass is 493 g/mol. The Balaban J connectivity index is 1.55. The molecule has 0 saturated heterocycles. The van der Waals surface area contributed by atoms with Crippen molar-refractivity contribution in [3.8, 4) is 11.5 Å². The van der Waals surface area contributed by atoms with Gasteiger partial charge in [-0.3, -0.25) is 0 Å². The van der Waals surface area contributed by atoms with Gasteiger partial charge in [-0.1, -0.05) is 30.3 Å². The van der Waals surface area contributed by atoms with Crippen molar-refractivity contribution in [3.63, 3.8) is 0 Å². The molecule has 3 aromatic carbocycles. The summed E-state index contributed by atoms with van der Waals surface area (Å²) in [4.78, 5) is 16.2. The third kappa shape index (κ3) is 8.39. The molecule has 0 aliphatic heterocycles. The number of methoxy groups -OCH3 is 1. The van der Waals surface area contributed by atoms with Crippen LogP contribution in [0.5, 0.6) is 11.5 Å². The van der Waals surface area contributed by atoms with E-state index in [1.807, 2.05) is 111 Å². The van der Waals surface area contributed by atoms with Gasteiger partial charge in [0.1, 0.15) is 11.5 Å². The molecule has 0 bridgehead atoms. The van der Waals surface area contributed by atoms with E-state index in [2.05, 4.69) is 5.32 Å². The fraction of sp³-hybridized carbons (Fsp3) is 0.321. The van der Waals surface area contributed by atoms with Crippen LogP contribution in [0.25, 0.3) is 0 Å². The molecule has 192 valence electrons. The Labute approximate surface area is 213 Å². The number of hydrogen-bond acceptors (Lipinski definition) is 7. The second-order valence-corrected chi connectivity index (χ2v) is 8.62. The minimum absolute atomic E-state index is 0.250. The molecule has 1 amide bonds. The number of alkyl carbamates (subject to hydrolysis) is 1. The van der Waals surface area contributed by atoms with Crippen LogP contribution in [-0.4, -0.2) is 54.5 Å². The van der Waals surface area contributed by atoms with Gasteiger partial charge in [0.2, 0.25) is 6.29 Å². The van der Waals surface area contributed by atoms with Gasteiger partial charge in [-0.25, -0.2) is 4.79 Å². The average Bonchev–Trinajstić information content (AvgIpc) is 2.88. The van der Waals surface area contributed by atoms with Gasteiger partial charge in [-0.2, -0.15) is 0 Å². The summed E-state index contributed by atoms with van der Waals surface area (Å²) < 4.78 is 22.4. The molecule has 0 radical (unpaired) electrons. The Hall–Kier alpha value is -3.91. The molecule has 0 aliphatic rings. The minimum Gasteiger partial charge on any atom is -0.497 e. The van der Waals surface area contributed by atoms with E-state index in [9.17, 15) is 4.79 Å². The molecule has 8 heteroatoms. The van der Waals surface area contributed by atoms with Crippen molar-refractivity contribution < 1.29 is 23.7 Å². The zero-order valence-electron chi connectivity index (χ0n) is 21.6. The Morgan fingerprint density at radius 2 is 1.50 bits per heavy atom. The Kier molecular flexibility index (Phi) is 9.82. The summed E-state index contributed by atoms with van der Waals surface area (Å²) in [6, 6.07) is 23.3. The molecule has 8 nitrogen and oxygen atoms in total. The molecular formula is C28H35N3O5. The summed E-state index contributed by atoms with van der Waals surface area (Å²) in [6.45, 7) is 0.106. The lowest BCUT2D eigenvalue weighted by Gasteiger charge is -2.21. The lowest BCUT2D eigenvalue weighted by molar-refractivity contribution is -0.136. The van der Waals surface area contributed by atoms with Crippen molar-refractivity contribution in [2.75, 3.05) is 51.9 Å². The van der Waals surface area contributed by atoms with Gasteiger partial charge in [0, 0.05) is 58.6 Å². The molecule has 0 spiro atoms. The van der Waals surface area contributed by atoms with Crippen LogP contribution >= 0.6 is 0 Å². The quantitative estimate of drug-likeness (QED) is 0.368. The summed E-state index contributed by atoms with van der Waals surface area (Å²) in [5.41, 5.74) is 4.06. The third-order valence-electron chi connectivity index (χ3n) is 5.50. The highest BCUT2D eigenvalue weighted by molar-refractivity contribution is 5.67. The predicted molar refractivity (Wildman–Crippen MR) is 142 cm³/mol. The van der Waals surface area contributed by atoms with Gasteiger partial charge < -0.3 is 34.1 Å². The first-order valence-corrected chi connectivity index (χ1v) is 11.7. The SMILES string of the molecule is COc1ccc(CC(OCOC(=O)NCc2ccc(N(C)C)cc2)Oc2cccc(N(C)C)c2)cc1. The summed E-state index contributed by atoms with van der Waals surface area (Å²) in [7, 11) is 9.52. The number of rotatable bonds is 12. The predicted octanol–water partition coefficient (Wildman–Crippen LogP) is 4.68. The van der Waals surface area contributed by atoms with Crippen LogP contribution in [0.4, 0.5) is 16.2 Å². The molecule has 3 aromatic rings. The summed E-state index contributed by atoms with van der Waals surface area (Å²) >= 11 is 0. The smallest absolute Gasteiger partial charge is 0.409 e. The van der Waals surface area contributed by atoms with Gasteiger partial charge in [-0.15, -0.1) is 0 Å². The highest BCUT2D eigenvalue weighted by Gasteiger charge is 2.15. The van der Waals surface area contributed by atoms with Gasteiger partial charge in [0.25, 0.3) is 0 Å². The van der Waals surface area contributed by atoms with Crippen molar-refractivity contribution in [2.24, 2.45) is 0 Å². The first kappa shape index (κ1) is 26.7. The zero-order chi connectivity index (χ0) is 25.9. The number of ether oxygens (including phenoxy) is 4. The lowest BCUT2D eigenvalue weighted by Crippen LogP contribution is -2.29. The molecule has 1 atom stereocenters. The highest BCUT2D eigenvalue weighted by Crippen LogP contribution is 2.22. The maximum atomic E-state index is 12.2. The fourth-order valence-electron chi connectivity index (χ4n) is 3.38. The van der Waals surface area contributed by atoms with Crippen LogP contribution in [-0.2, 0) is 22.4 Å². The lowest BCUT2D eigenvalue weighted by atomic mass is 10.1. The fourth-order valence-corrected chi connectivity index (χ4v) is 3.38. The van der Waals surface area contributed by atoms with Crippen molar-refractivity contribution in [1.29, 1.82) is 0 Å². The molecular weight excluding hydrogens is 458 g/mol. The first-order chi connectivity index (χ1) is 17.3. The van der Waals surface area contributed by atoms with E-state index in [0.717, 1.165) is 28.3 Å². The van der Waals surface area contributed by atoms with Crippen molar-refractivity contribution in [3.05, 3.63) is 83.9 Å². The van der Waals surface area contributed by atoms with Crippen molar-refractivity contribution in [2.45, 2.75) is 19.3 Å². The number of carbonyl (C=O) groups is 1. The van der Waals surface area contributed by atoms with Gasteiger partial charge in [-0.05, 0) is 47.5 Å². The maximum Gasteiger partial charge on any atom is 0.409 e. The Morgan fingerprint density at radius 3 is 2.14 bits per heavy atom. The number of anilines is 2. The number of benzene rings is 3. The van der Waals surface area contributed by atoms with Crippen LogP contribution in [0.3, 0.4) is 0 Å². The standard InChI is InChI=1S/C28H35N3O5/c1-30(2)23-13-9-22(10-14-23)19-29-28(32)35-20-34-27(17-21-11-15-25(33-5)16-12-21)36-26-8-6-7-24(18-26)31(3)4/h6-16,18,27H,17,19-20H2,1-5H3,(H,29,32). The number of nitrogens with zero attached hydrogens (tertiary/aromatic N) is 2. The molecule has 0 saturated carbocycles. The van der Waals surface area contributed by atoms with E-state index >= 15 is 0 Å². The largest absolute Gasteiger partial charge is 0.497 e. The van der Waals surface area contributed by atoms with E-state index in [1.54, 1.807) is 7.11 Å². The van der Waals surface area contributed by atoms with Gasteiger partial charge in [0.05, 0.1) is 7.11 Å². The average molecular weight is 494 g/mol. The van der Waals surface area contributed by atoms with Gasteiger partial charge in [0.15, 0.2) is 6.79 Å². The summed E-state index contributed by atoms with van der Waals surface area (Å²) in [5, 5.41) is 2.74. The van der Waals surface area contributed by atoms with Crippen molar-refractivity contribution in [1.82, 2.24) is 5.32 Å².